The Morgan fingerprint density at radius 3 is 2.40 bits per heavy atom. The van der Waals surface area contributed by atoms with E-state index in [1.807, 2.05) is 53.5 Å². The molecule has 0 saturated carbocycles. The maximum Gasteiger partial charge on any atom is 0.213 e. The normalized spacial score (nSPS) is 17.5. The van der Waals surface area contributed by atoms with E-state index in [2.05, 4.69) is 6.92 Å². The van der Waals surface area contributed by atoms with Crippen molar-refractivity contribution < 1.29 is 18.9 Å². The van der Waals surface area contributed by atoms with Crippen LogP contribution in [0.5, 0.6) is 23.0 Å². The van der Waals surface area contributed by atoms with Gasteiger partial charge < -0.3 is 18.9 Å². The smallest absolute Gasteiger partial charge is 0.213 e. The van der Waals surface area contributed by atoms with Gasteiger partial charge >= 0.3 is 0 Å². The molecule has 2 aliphatic rings. The lowest BCUT2D eigenvalue weighted by Crippen LogP contribution is -2.33. The standard InChI is InChI=1S/C32H36Cl2N2O4/c1-4-5-6-7-8-9-16-39-24-13-10-21(11-14-24)32-36-28(25-18-23(33)19-26(34)31(25)40-32)20-27(35-36)22-12-15-29(37-2)30(17-22)38-3/h10-15,17-19,28,32H,4-9,16,20H2,1-3H3/t28-,32-/m0/s1. The quantitative estimate of drug-likeness (QED) is 0.199. The second kappa shape index (κ2) is 13.0. The summed E-state index contributed by atoms with van der Waals surface area (Å²) in [6, 6.07) is 17.5. The number of halogens is 2. The molecular weight excluding hydrogens is 547 g/mol. The zero-order valence-electron chi connectivity index (χ0n) is 23.3. The molecule has 0 saturated heterocycles. The Labute approximate surface area is 246 Å². The lowest BCUT2D eigenvalue weighted by Gasteiger charge is -2.38. The molecular formula is C32H36Cl2N2O4. The van der Waals surface area contributed by atoms with E-state index < -0.39 is 6.23 Å². The number of fused-ring (bicyclic) bond motifs is 3. The molecule has 5 rings (SSSR count). The Bertz CT molecular complexity index is 1350. The summed E-state index contributed by atoms with van der Waals surface area (Å²) >= 11 is 13.1. The Balaban J connectivity index is 1.38. The molecule has 0 spiro atoms. The molecule has 3 aromatic rings. The van der Waals surface area contributed by atoms with Crippen LogP contribution in [-0.4, -0.2) is 31.5 Å². The van der Waals surface area contributed by atoms with Crippen molar-refractivity contribution in [2.45, 2.75) is 64.1 Å². The van der Waals surface area contributed by atoms with E-state index in [0.717, 1.165) is 41.2 Å². The predicted octanol–water partition coefficient (Wildman–Crippen LogP) is 8.99. The topological polar surface area (TPSA) is 52.5 Å². The van der Waals surface area contributed by atoms with Gasteiger partial charge in [0.1, 0.15) is 11.5 Å². The molecule has 0 aliphatic carbocycles. The Morgan fingerprint density at radius 2 is 1.65 bits per heavy atom. The van der Waals surface area contributed by atoms with Crippen molar-refractivity contribution in [1.29, 1.82) is 0 Å². The van der Waals surface area contributed by atoms with Crippen LogP contribution in [0.25, 0.3) is 0 Å². The van der Waals surface area contributed by atoms with Gasteiger partial charge in [-0.2, -0.15) is 5.10 Å². The van der Waals surface area contributed by atoms with Crippen LogP contribution >= 0.6 is 23.2 Å². The maximum atomic E-state index is 6.64. The summed E-state index contributed by atoms with van der Waals surface area (Å²) in [5.74, 6) is 2.82. The fraction of sp³-hybridized carbons (Fsp3) is 0.406. The largest absolute Gasteiger partial charge is 0.494 e. The van der Waals surface area contributed by atoms with E-state index in [0.29, 0.717) is 33.7 Å². The summed E-state index contributed by atoms with van der Waals surface area (Å²) in [6.07, 6.45) is 7.63. The van der Waals surface area contributed by atoms with Gasteiger partial charge in [0.2, 0.25) is 6.23 Å². The molecule has 2 aliphatic heterocycles. The van der Waals surface area contributed by atoms with Crippen molar-refractivity contribution in [3.05, 3.63) is 81.3 Å². The second-order valence-electron chi connectivity index (χ2n) is 10.2. The molecule has 212 valence electrons. The van der Waals surface area contributed by atoms with Crippen LogP contribution in [0.4, 0.5) is 0 Å². The van der Waals surface area contributed by atoms with Gasteiger partial charge in [0.15, 0.2) is 11.5 Å². The third kappa shape index (κ3) is 6.13. The Kier molecular flexibility index (Phi) is 9.28. The molecule has 0 amide bonds. The monoisotopic (exact) mass is 582 g/mol. The number of hydrogen-bond acceptors (Lipinski definition) is 6. The number of hydrogen-bond donors (Lipinski definition) is 0. The van der Waals surface area contributed by atoms with Crippen LogP contribution in [0.3, 0.4) is 0 Å². The Hall–Kier alpha value is -3.09. The first-order chi connectivity index (χ1) is 19.5. The van der Waals surface area contributed by atoms with E-state index in [1.54, 1.807) is 20.3 Å². The summed E-state index contributed by atoms with van der Waals surface area (Å²) in [5.41, 5.74) is 3.76. The molecule has 3 aromatic carbocycles. The van der Waals surface area contributed by atoms with Crippen molar-refractivity contribution in [2.75, 3.05) is 20.8 Å². The number of nitrogens with zero attached hydrogens (tertiary/aromatic N) is 2. The van der Waals surface area contributed by atoms with Gasteiger partial charge in [0, 0.05) is 28.1 Å². The third-order valence-corrected chi connectivity index (χ3v) is 7.96. The second-order valence-corrected chi connectivity index (χ2v) is 11.0. The number of unbranched alkanes of at least 4 members (excludes halogenated alkanes) is 5. The molecule has 0 N–H and O–H groups in total. The van der Waals surface area contributed by atoms with Crippen molar-refractivity contribution in [3.63, 3.8) is 0 Å². The molecule has 0 bridgehead atoms. The van der Waals surface area contributed by atoms with Gasteiger partial charge in [-0.15, -0.1) is 0 Å². The van der Waals surface area contributed by atoms with E-state index >= 15 is 0 Å². The van der Waals surface area contributed by atoms with Gasteiger partial charge in [-0.3, -0.25) is 0 Å². The van der Waals surface area contributed by atoms with E-state index in [4.69, 9.17) is 47.3 Å². The lowest BCUT2D eigenvalue weighted by molar-refractivity contribution is -0.0189. The van der Waals surface area contributed by atoms with Crippen LogP contribution in [0.1, 0.15) is 80.8 Å². The van der Waals surface area contributed by atoms with Crippen molar-refractivity contribution in [2.24, 2.45) is 5.10 Å². The van der Waals surface area contributed by atoms with Crippen LogP contribution in [0.2, 0.25) is 10.0 Å². The molecule has 0 radical (unpaired) electrons. The molecule has 8 heteroatoms. The third-order valence-electron chi connectivity index (χ3n) is 7.46. The number of rotatable bonds is 12. The molecule has 0 unspecified atom stereocenters. The summed E-state index contributed by atoms with van der Waals surface area (Å²) in [7, 11) is 3.26. The number of ether oxygens (including phenoxy) is 4. The molecule has 2 heterocycles. The average molecular weight is 584 g/mol. The minimum atomic E-state index is -0.457. The summed E-state index contributed by atoms with van der Waals surface area (Å²) < 4.78 is 23.5. The Morgan fingerprint density at radius 1 is 0.900 bits per heavy atom. The minimum Gasteiger partial charge on any atom is -0.494 e. The first kappa shape index (κ1) is 28.4. The van der Waals surface area contributed by atoms with Crippen LogP contribution < -0.4 is 18.9 Å². The van der Waals surface area contributed by atoms with Gasteiger partial charge in [0.05, 0.1) is 37.6 Å². The average Bonchev–Trinajstić information content (AvgIpc) is 3.42. The van der Waals surface area contributed by atoms with E-state index in [1.165, 1.54) is 32.1 Å². The first-order valence-electron chi connectivity index (χ1n) is 14.0. The van der Waals surface area contributed by atoms with Crippen LogP contribution in [-0.2, 0) is 0 Å². The fourth-order valence-electron chi connectivity index (χ4n) is 5.33. The van der Waals surface area contributed by atoms with Gasteiger partial charge in [-0.25, -0.2) is 5.01 Å². The molecule has 0 aromatic heterocycles. The zero-order valence-corrected chi connectivity index (χ0v) is 24.8. The summed E-state index contributed by atoms with van der Waals surface area (Å²) in [6.45, 7) is 2.96. The van der Waals surface area contributed by atoms with E-state index in [9.17, 15) is 0 Å². The van der Waals surface area contributed by atoms with Crippen molar-refractivity contribution in [1.82, 2.24) is 5.01 Å². The molecule has 6 nitrogen and oxygen atoms in total. The van der Waals surface area contributed by atoms with Crippen LogP contribution in [0, 0.1) is 0 Å². The summed E-state index contributed by atoms with van der Waals surface area (Å²) in [4.78, 5) is 0. The zero-order chi connectivity index (χ0) is 28.1. The minimum absolute atomic E-state index is 0.0864. The predicted molar refractivity (Wildman–Crippen MR) is 160 cm³/mol. The van der Waals surface area contributed by atoms with Gasteiger partial charge in [0.25, 0.3) is 0 Å². The molecule has 2 atom stereocenters. The van der Waals surface area contributed by atoms with Gasteiger partial charge in [-0.05, 0) is 61.0 Å². The number of benzene rings is 3. The number of hydrazone groups is 1. The SMILES string of the molecule is CCCCCCCCOc1ccc([C@@H]2Oc3c(Cl)cc(Cl)cc3[C@@H]3CC(c4ccc(OC)c(OC)c4)=NN32)cc1. The maximum absolute atomic E-state index is 6.64. The lowest BCUT2D eigenvalue weighted by atomic mass is 9.95. The van der Waals surface area contributed by atoms with Crippen molar-refractivity contribution >= 4 is 28.9 Å². The number of methoxy groups -OCH3 is 2. The molecule has 40 heavy (non-hydrogen) atoms. The highest BCUT2D eigenvalue weighted by atomic mass is 35.5. The fourth-order valence-corrected chi connectivity index (χ4v) is 5.88. The first-order valence-corrected chi connectivity index (χ1v) is 14.7. The van der Waals surface area contributed by atoms with E-state index in [-0.39, 0.29) is 6.04 Å². The van der Waals surface area contributed by atoms with Crippen molar-refractivity contribution in [3.8, 4) is 23.0 Å². The highest BCUT2D eigenvalue weighted by Crippen LogP contribution is 2.51. The highest BCUT2D eigenvalue weighted by Gasteiger charge is 2.42. The molecule has 0 fully saturated rings. The highest BCUT2D eigenvalue weighted by molar-refractivity contribution is 6.35. The van der Waals surface area contributed by atoms with Gasteiger partial charge in [-0.1, -0.05) is 62.2 Å². The van der Waals surface area contributed by atoms with Crippen LogP contribution in [0.15, 0.2) is 59.7 Å². The summed E-state index contributed by atoms with van der Waals surface area (Å²) in [5, 5.41) is 8.12.